The van der Waals surface area contributed by atoms with Crippen LogP contribution in [0.1, 0.15) is 15.9 Å². The SMILES string of the molecule is O=C(NC(=S)Nc1ccc(S(=O)(=O)N2CCc3ccccc32)cc1)c1ccccc1. The minimum Gasteiger partial charge on any atom is -0.332 e. The topological polar surface area (TPSA) is 78.5 Å². The second-order valence-corrected chi connectivity index (χ2v) is 9.03. The van der Waals surface area contributed by atoms with Crippen molar-refractivity contribution in [2.24, 2.45) is 0 Å². The van der Waals surface area contributed by atoms with Gasteiger partial charge in [0.25, 0.3) is 15.9 Å². The highest BCUT2D eigenvalue weighted by Gasteiger charge is 2.30. The van der Waals surface area contributed by atoms with Crippen molar-refractivity contribution in [3.05, 3.63) is 90.0 Å². The molecule has 0 fully saturated rings. The molecule has 8 heteroatoms. The molecule has 1 aliphatic heterocycles. The van der Waals surface area contributed by atoms with Crippen molar-refractivity contribution in [1.82, 2.24) is 5.32 Å². The zero-order chi connectivity index (χ0) is 21.1. The largest absolute Gasteiger partial charge is 0.332 e. The maximum absolute atomic E-state index is 13.1. The zero-order valence-corrected chi connectivity index (χ0v) is 17.5. The van der Waals surface area contributed by atoms with Crippen molar-refractivity contribution in [3.8, 4) is 0 Å². The zero-order valence-electron chi connectivity index (χ0n) is 15.9. The first-order valence-electron chi connectivity index (χ1n) is 9.33. The molecule has 152 valence electrons. The lowest BCUT2D eigenvalue weighted by molar-refractivity contribution is 0.0977. The maximum Gasteiger partial charge on any atom is 0.264 e. The molecular weight excluding hydrogens is 418 g/mol. The third-order valence-corrected chi connectivity index (χ3v) is 6.84. The van der Waals surface area contributed by atoms with E-state index in [-0.39, 0.29) is 15.9 Å². The van der Waals surface area contributed by atoms with Gasteiger partial charge in [-0.1, -0.05) is 36.4 Å². The average molecular weight is 438 g/mol. The first-order chi connectivity index (χ1) is 14.4. The number of carbonyl (C=O) groups excluding carboxylic acids is 1. The number of amides is 1. The molecule has 1 heterocycles. The van der Waals surface area contributed by atoms with E-state index >= 15 is 0 Å². The van der Waals surface area contributed by atoms with Crippen molar-refractivity contribution < 1.29 is 13.2 Å². The normalized spacial score (nSPS) is 12.9. The standard InChI is InChI=1S/C22H19N3O3S2/c26-21(17-7-2-1-3-8-17)24-22(29)23-18-10-12-19(13-11-18)30(27,28)25-15-14-16-6-4-5-9-20(16)25/h1-13H,14-15H2,(H2,23,24,26,29). The highest BCUT2D eigenvalue weighted by Crippen LogP contribution is 2.32. The highest BCUT2D eigenvalue weighted by atomic mass is 32.2. The van der Waals surface area contributed by atoms with E-state index in [0.29, 0.717) is 24.2 Å². The average Bonchev–Trinajstić information content (AvgIpc) is 3.20. The Morgan fingerprint density at radius 3 is 2.30 bits per heavy atom. The second-order valence-electron chi connectivity index (χ2n) is 6.75. The Morgan fingerprint density at radius 1 is 0.900 bits per heavy atom. The first kappa shape index (κ1) is 20.1. The number of nitrogens with zero attached hydrogens (tertiary/aromatic N) is 1. The van der Waals surface area contributed by atoms with E-state index in [0.717, 1.165) is 11.3 Å². The Hall–Kier alpha value is -3.23. The molecule has 30 heavy (non-hydrogen) atoms. The molecule has 0 spiro atoms. The van der Waals surface area contributed by atoms with Gasteiger partial charge in [0.2, 0.25) is 0 Å². The number of rotatable bonds is 4. The lowest BCUT2D eigenvalue weighted by Gasteiger charge is -2.19. The summed E-state index contributed by atoms with van der Waals surface area (Å²) in [5.41, 5.74) is 2.83. The molecule has 2 N–H and O–H groups in total. The van der Waals surface area contributed by atoms with Crippen LogP contribution in [0.4, 0.5) is 11.4 Å². The van der Waals surface area contributed by atoms with Crippen LogP contribution in [-0.2, 0) is 16.4 Å². The molecule has 0 aliphatic carbocycles. The van der Waals surface area contributed by atoms with Crippen LogP contribution >= 0.6 is 12.2 Å². The summed E-state index contributed by atoms with van der Waals surface area (Å²) in [5.74, 6) is -0.319. The van der Waals surface area contributed by atoms with Gasteiger partial charge in [-0.3, -0.25) is 14.4 Å². The third kappa shape index (κ3) is 4.05. The molecule has 6 nitrogen and oxygen atoms in total. The first-order valence-corrected chi connectivity index (χ1v) is 11.2. The Balaban J connectivity index is 1.44. The van der Waals surface area contributed by atoms with Gasteiger partial charge >= 0.3 is 0 Å². The molecule has 0 radical (unpaired) electrons. The summed E-state index contributed by atoms with van der Waals surface area (Å²) in [6.07, 6.45) is 0.699. The minimum atomic E-state index is -3.65. The van der Waals surface area contributed by atoms with Gasteiger partial charge in [-0.2, -0.15) is 0 Å². The minimum absolute atomic E-state index is 0.132. The molecular formula is C22H19N3O3S2. The van der Waals surface area contributed by atoms with E-state index in [9.17, 15) is 13.2 Å². The molecule has 0 saturated carbocycles. The molecule has 1 aliphatic rings. The van der Waals surface area contributed by atoms with Crippen LogP contribution in [0, 0.1) is 0 Å². The molecule has 0 bridgehead atoms. The molecule has 0 atom stereocenters. The maximum atomic E-state index is 13.1. The quantitative estimate of drug-likeness (QED) is 0.610. The number of anilines is 2. The second kappa shape index (κ2) is 8.25. The van der Waals surface area contributed by atoms with E-state index in [2.05, 4.69) is 10.6 Å². The van der Waals surface area contributed by atoms with Crippen molar-refractivity contribution in [1.29, 1.82) is 0 Å². The fourth-order valence-electron chi connectivity index (χ4n) is 3.32. The Bertz CT molecular complexity index is 1190. The van der Waals surface area contributed by atoms with Gasteiger partial charge in [0.1, 0.15) is 0 Å². The summed E-state index contributed by atoms with van der Waals surface area (Å²) in [4.78, 5) is 12.4. The summed E-state index contributed by atoms with van der Waals surface area (Å²) in [5, 5.41) is 5.63. The van der Waals surface area contributed by atoms with Gasteiger partial charge < -0.3 is 5.32 Å². The molecule has 0 aromatic heterocycles. The van der Waals surface area contributed by atoms with E-state index in [1.54, 1.807) is 36.4 Å². The van der Waals surface area contributed by atoms with Crippen molar-refractivity contribution in [2.75, 3.05) is 16.2 Å². The molecule has 1 amide bonds. The van der Waals surface area contributed by atoms with Gasteiger partial charge in [-0.15, -0.1) is 0 Å². The number of fused-ring (bicyclic) bond motifs is 1. The van der Waals surface area contributed by atoms with Crippen molar-refractivity contribution in [2.45, 2.75) is 11.3 Å². The van der Waals surface area contributed by atoms with Gasteiger partial charge in [0.15, 0.2) is 5.11 Å². The summed E-state index contributed by atoms with van der Waals surface area (Å²) in [6.45, 7) is 0.428. The molecule has 4 rings (SSSR count). The lowest BCUT2D eigenvalue weighted by Crippen LogP contribution is -2.34. The van der Waals surface area contributed by atoms with Gasteiger partial charge in [0, 0.05) is 17.8 Å². The molecule has 3 aromatic carbocycles. The van der Waals surface area contributed by atoms with Crippen LogP contribution in [0.5, 0.6) is 0 Å². The van der Waals surface area contributed by atoms with E-state index in [4.69, 9.17) is 12.2 Å². The number of carbonyl (C=O) groups is 1. The Morgan fingerprint density at radius 2 is 1.57 bits per heavy atom. The summed E-state index contributed by atoms with van der Waals surface area (Å²) in [6, 6.07) is 22.6. The van der Waals surface area contributed by atoms with Crippen LogP contribution in [0.25, 0.3) is 0 Å². The number of nitrogens with one attached hydrogen (secondary N) is 2. The fourth-order valence-corrected chi connectivity index (χ4v) is 5.04. The molecule has 0 saturated heterocycles. The fraction of sp³-hybridized carbons (Fsp3) is 0.0909. The summed E-state index contributed by atoms with van der Waals surface area (Å²) >= 11 is 5.18. The number of para-hydroxylation sites is 1. The predicted molar refractivity (Wildman–Crippen MR) is 121 cm³/mol. The Labute approximate surface area is 180 Å². The Kier molecular flexibility index (Phi) is 5.52. The van der Waals surface area contributed by atoms with Gasteiger partial charge in [0.05, 0.1) is 10.6 Å². The van der Waals surface area contributed by atoms with Crippen LogP contribution < -0.4 is 14.9 Å². The van der Waals surface area contributed by atoms with Gasteiger partial charge in [-0.25, -0.2) is 8.42 Å². The number of sulfonamides is 1. The van der Waals surface area contributed by atoms with Crippen molar-refractivity contribution in [3.63, 3.8) is 0 Å². The number of thiocarbonyl (C=S) groups is 1. The number of hydrogen-bond donors (Lipinski definition) is 2. The van der Waals surface area contributed by atoms with Crippen LogP contribution in [0.15, 0.2) is 83.8 Å². The van der Waals surface area contributed by atoms with E-state index in [1.807, 2.05) is 30.3 Å². The van der Waals surface area contributed by atoms with Crippen LogP contribution in [0.3, 0.4) is 0 Å². The summed E-state index contributed by atoms with van der Waals surface area (Å²) in [7, 11) is -3.65. The van der Waals surface area contributed by atoms with E-state index < -0.39 is 10.0 Å². The van der Waals surface area contributed by atoms with Crippen molar-refractivity contribution >= 4 is 44.6 Å². The molecule has 0 unspecified atom stereocenters. The van der Waals surface area contributed by atoms with Crippen LogP contribution in [0.2, 0.25) is 0 Å². The monoisotopic (exact) mass is 437 g/mol. The lowest BCUT2D eigenvalue weighted by atomic mass is 10.2. The highest BCUT2D eigenvalue weighted by molar-refractivity contribution is 7.92. The number of hydrogen-bond acceptors (Lipinski definition) is 4. The van der Waals surface area contributed by atoms with Gasteiger partial charge in [-0.05, 0) is 66.7 Å². The van der Waals surface area contributed by atoms with E-state index in [1.165, 1.54) is 16.4 Å². The molecule has 3 aromatic rings. The predicted octanol–water partition coefficient (Wildman–Crippen LogP) is 3.56. The smallest absolute Gasteiger partial charge is 0.264 e. The summed E-state index contributed by atoms with van der Waals surface area (Å²) < 4.78 is 27.6. The number of benzene rings is 3. The van der Waals surface area contributed by atoms with Crippen LogP contribution in [-0.4, -0.2) is 26.0 Å². The third-order valence-electron chi connectivity index (χ3n) is 4.81.